The van der Waals surface area contributed by atoms with Crippen LogP contribution in [-0.4, -0.2) is 80.9 Å². The van der Waals surface area contributed by atoms with Crippen molar-refractivity contribution < 1.29 is 19.1 Å². The van der Waals surface area contributed by atoms with Gasteiger partial charge >= 0.3 is 0 Å². The second-order valence-corrected chi connectivity index (χ2v) is 6.41. The summed E-state index contributed by atoms with van der Waals surface area (Å²) in [5.41, 5.74) is 0. The molecule has 0 spiro atoms. The Balaban J connectivity index is 4.95. The number of likely N-dealkylation sites (N-methyl/N-ethyl adjacent to an activating group) is 2. The van der Waals surface area contributed by atoms with Gasteiger partial charge in [0.25, 0.3) is 0 Å². The van der Waals surface area contributed by atoms with E-state index in [-0.39, 0.29) is 48.9 Å². The Morgan fingerprint density at radius 3 is 2.21 bits per heavy atom. The maximum absolute atomic E-state index is 12.5. The molecule has 7 nitrogen and oxygen atoms in total. The van der Waals surface area contributed by atoms with E-state index in [0.717, 1.165) is 12.7 Å². The first-order chi connectivity index (χ1) is 11.2. The van der Waals surface area contributed by atoms with Gasteiger partial charge in [-0.05, 0) is 26.9 Å². The van der Waals surface area contributed by atoms with Gasteiger partial charge in [0.2, 0.25) is 11.8 Å². The van der Waals surface area contributed by atoms with E-state index in [9.17, 15) is 14.4 Å². The van der Waals surface area contributed by atoms with E-state index < -0.39 is 0 Å². The fourth-order valence-electron chi connectivity index (χ4n) is 2.54. The summed E-state index contributed by atoms with van der Waals surface area (Å²) in [6.07, 6.45) is 1.53. The van der Waals surface area contributed by atoms with E-state index in [0.29, 0.717) is 0 Å². The minimum atomic E-state index is -0.359. The molecule has 7 heteroatoms. The first-order valence-corrected chi connectivity index (χ1v) is 8.37. The monoisotopic (exact) mass is 343 g/mol. The standard InChI is InChI=1S/C17H33N3O4/c1-8-12(2)16(14(24-7)9-10-21)20(6)15(22)11-18-17(23)13(3)19(4)5/h10,12-14,16H,8-9,11H2,1-7H3,(H,18,23). The van der Waals surface area contributed by atoms with Crippen molar-refractivity contribution in [2.24, 2.45) is 5.92 Å². The van der Waals surface area contributed by atoms with Crippen LogP contribution in [0.4, 0.5) is 0 Å². The third kappa shape index (κ3) is 6.57. The molecule has 0 bridgehead atoms. The van der Waals surface area contributed by atoms with Crippen molar-refractivity contribution in [1.82, 2.24) is 15.1 Å². The Morgan fingerprint density at radius 2 is 1.79 bits per heavy atom. The largest absolute Gasteiger partial charge is 0.379 e. The van der Waals surface area contributed by atoms with Crippen LogP contribution in [0.25, 0.3) is 0 Å². The lowest BCUT2D eigenvalue weighted by Crippen LogP contribution is -2.52. The minimum Gasteiger partial charge on any atom is -0.379 e. The lowest BCUT2D eigenvalue weighted by molar-refractivity contribution is -0.138. The lowest BCUT2D eigenvalue weighted by atomic mass is 9.91. The van der Waals surface area contributed by atoms with E-state index in [1.807, 2.05) is 13.8 Å². The zero-order valence-corrected chi connectivity index (χ0v) is 16.0. The van der Waals surface area contributed by atoms with Crippen LogP contribution in [0.1, 0.15) is 33.6 Å². The zero-order chi connectivity index (χ0) is 18.9. The van der Waals surface area contributed by atoms with Crippen LogP contribution >= 0.6 is 0 Å². The normalized spacial score (nSPS) is 16.2. The Hall–Kier alpha value is -1.47. The quantitative estimate of drug-likeness (QED) is 0.554. The molecule has 4 atom stereocenters. The molecule has 0 saturated carbocycles. The van der Waals surface area contributed by atoms with Crippen molar-refractivity contribution in [1.29, 1.82) is 0 Å². The van der Waals surface area contributed by atoms with Crippen LogP contribution in [0.5, 0.6) is 0 Å². The van der Waals surface area contributed by atoms with Crippen molar-refractivity contribution in [3.8, 4) is 0 Å². The van der Waals surface area contributed by atoms with Gasteiger partial charge in [-0.15, -0.1) is 0 Å². The van der Waals surface area contributed by atoms with E-state index in [1.54, 1.807) is 45.0 Å². The zero-order valence-electron chi connectivity index (χ0n) is 16.0. The number of nitrogens with one attached hydrogen (secondary N) is 1. The first-order valence-electron chi connectivity index (χ1n) is 8.37. The number of amides is 2. The highest BCUT2D eigenvalue weighted by molar-refractivity contribution is 5.87. The molecule has 4 unspecified atom stereocenters. The number of ether oxygens (including phenoxy) is 1. The number of nitrogens with zero attached hydrogens (tertiary/aromatic N) is 2. The number of carbonyl (C=O) groups is 3. The number of hydrogen-bond acceptors (Lipinski definition) is 5. The van der Waals surface area contributed by atoms with Crippen LogP contribution < -0.4 is 5.32 Å². The summed E-state index contributed by atoms with van der Waals surface area (Å²) in [5, 5.41) is 2.66. The summed E-state index contributed by atoms with van der Waals surface area (Å²) in [4.78, 5) is 38.7. The van der Waals surface area contributed by atoms with Gasteiger partial charge in [-0.3, -0.25) is 14.5 Å². The Morgan fingerprint density at radius 1 is 1.21 bits per heavy atom. The lowest BCUT2D eigenvalue weighted by Gasteiger charge is -2.37. The molecule has 0 aliphatic carbocycles. The van der Waals surface area contributed by atoms with Crippen LogP contribution in [0.15, 0.2) is 0 Å². The van der Waals surface area contributed by atoms with E-state index in [2.05, 4.69) is 5.32 Å². The van der Waals surface area contributed by atoms with Crippen LogP contribution in [0, 0.1) is 5.92 Å². The molecular formula is C17H33N3O4. The summed E-state index contributed by atoms with van der Waals surface area (Å²) in [5.74, 6) is -0.231. The Bertz CT molecular complexity index is 415. The predicted molar refractivity (Wildman–Crippen MR) is 93.6 cm³/mol. The third-order valence-corrected chi connectivity index (χ3v) is 4.65. The van der Waals surface area contributed by atoms with Gasteiger partial charge in [-0.2, -0.15) is 0 Å². The maximum Gasteiger partial charge on any atom is 0.242 e. The molecule has 0 aromatic heterocycles. The molecule has 0 aromatic rings. The fourth-order valence-corrected chi connectivity index (χ4v) is 2.54. The highest BCUT2D eigenvalue weighted by Crippen LogP contribution is 2.20. The Kier molecular flexibility index (Phi) is 10.5. The second-order valence-electron chi connectivity index (χ2n) is 6.41. The molecule has 0 heterocycles. The molecule has 0 aliphatic heterocycles. The molecule has 140 valence electrons. The van der Waals surface area contributed by atoms with Gasteiger partial charge in [-0.25, -0.2) is 0 Å². The van der Waals surface area contributed by atoms with Gasteiger partial charge in [0.05, 0.1) is 24.7 Å². The average Bonchev–Trinajstić information content (AvgIpc) is 2.57. The van der Waals surface area contributed by atoms with Gasteiger partial charge in [0, 0.05) is 20.6 Å². The average molecular weight is 343 g/mol. The molecule has 2 amide bonds. The van der Waals surface area contributed by atoms with Gasteiger partial charge in [0.15, 0.2) is 0 Å². The molecule has 0 aliphatic rings. The summed E-state index contributed by atoms with van der Waals surface area (Å²) in [6.45, 7) is 5.76. The fraction of sp³-hybridized carbons (Fsp3) is 0.824. The van der Waals surface area contributed by atoms with Gasteiger partial charge in [0.1, 0.15) is 6.29 Å². The smallest absolute Gasteiger partial charge is 0.242 e. The van der Waals surface area contributed by atoms with E-state index >= 15 is 0 Å². The SMILES string of the molecule is CCC(C)C(C(CC=O)OC)N(C)C(=O)CNC(=O)C(C)N(C)C. The molecule has 0 aromatic carbocycles. The number of aldehydes is 1. The predicted octanol–water partition coefficient (Wildman–Crippen LogP) is 0.530. The number of hydrogen-bond donors (Lipinski definition) is 1. The van der Waals surface area contributed by atoms with Crippen LogP contribution in [0.2, 0.25) is 0 Å². The van der Waals surface area contributed by atoms with Crippen LogP contribution in [0.3, 0.4) is 0 Å². The summed E-state index contributed by atoms with van der Waals surface area (Å²) >= 11 is 0. The van der Waals surface area contributed by atoms with E-state index in [4.69, 9.17) is 4.74 Å². The highest BCUT2D eigenvalue weighted by Gasteiger charge is 2.32. The second kappa shape index (κ2) is 11.1. The van der Waals surface area contributed by atoms with Crippen molar-refractivity contribution in [2.45, 2.75) is 51.8 Å². The minimum absolute atomic E-state index is 0.0715. The summed E-state index contributed by atoms with van der Waals surface area (Å²) < 4.78 is 5.42. The van der Waals surface area contributed by atoms with E-state index in [1.165, 1.54) is 0 Å². The molecule has 1 N–H and O–H groups in total. The van der Waals surface area contributed by atoms with Crippen molar-refractivity contribution in [3.05, 3.63) is 0 Å². The molecular weight excluding hydrogens is 310 g/mol. The number of methoxy groups -OCH3 is 1. The molecule has 24 heavy (non-hydrogen) atoms. The van der Waals surface area contributed by atoms with Crippen LogP contribution in [-0.2, 0) is 19.1 Å². The Labute approximate surface area is 145 Å². The summed E-state index contributed by atoms with van der Waals surface area (Å²) in [6, 6.07) is -0.531. The highest BCUT2D eigenvalue weighted by atomic mass is 16.5. The molecule has 0 radical (unpaired) electrons. The first kappa shape index (κ1) is 22.5. The van der Waals surface area contributed by atoms with Gasteiger partial charge in [-0.1, -0.05) is 20.3 Å². The number of rotatable bonds is 11. The number of carbonyl (C=O) groups excluding carboxylic acids is 3. The molecule has 0 fully saturated rings. The maximum atomic E-state index is 12.5. The third-order valence-electron chi connectivity index (χ3n) is 4.65. The summed E-state index contributed by atoms with van der Waals surface area (Å²) in [7, 11) is 6.85. The van der Waals surface area contributed by atoms with Crippen molar-refractivity contribution in [2.75, 3.05) is 34.8 Å². The van der Waals surface area contributed by atoms with Gasteiger partial charge < -0.3 is 19.7 Å². The molecule has 0 rings (SSSR count). The van der Waals surface area contributed by atoms with Crippen molar-refractivity contribution in [3.63, 3.8) is 0 Å². The topological polar surface area (TPSA) is 79.0 Å². The van der Waals surface area contributed by atoms with Crippen molar-refractivity contribution >= 4 is 18.1 Å². The molecule has 0 saturated heterocycles.